The molecule has 5 nitrogen and oxygen atoms in total. The van der Waals surface area contributed by atoms with E-state index in [1.165, 1.54) is 0 Å². The zero-order valence-electron chi connectivity index (χ0n) is 12.5. The average Bonchev–Trinajstić information content (AvgIpc) is 2.47. The highest BCUT2D eigenvalue weighted by molar-refractivity contribution is 6.06. The van der Waals surface area contributed by atoms with E-state index in [1.54, 1.807) is 42.5 Å². The second-order valence-corrected chi connectivity index (χ2v) is 5.06. The van der Waals surface area contributed by atoms with Crippen LogP contribution in [0.15, 0.2) is 48.5 Å². The SMILES string of the molecule is CC(C)Oc1ccccc1C(=O)Nc1ccc(C(N)=O)cc1. The molecule has 0 saturated heterocycles. The lowest BCUT2D eigenvalue weighted by atomic mass is 10.1. The van der Waals surface area contributed by atoms with Crippen LogP contribution in [-0.2, 0) is 0 Å². The number of nitrogens with one attached hydrogen (secondary N) is 1. The first kappa shape index (κ1) is 15.6. The van der Waals surface area contributed by atoms with E-state index in [0.717, 1.165) is 0 Å². The van der Waals surface area contributed by atoms with Gasteiger partial charge in [-0.1, -0.05) is 12.1 Å². The number of primary amides is 1. The van der Waals surface area contributed by atoms with Gasteiger partial charge in [0.25, 0.3) is 5.91 Å². The molecule has 0 fully saturated rings. The Bertz CT molecular complexity index is 679. The van der Waals surface area contributed by atoms with E-state index in [9.17, 15) is 9.59 Å². The Balaban J connectivity index is 2.17. The Morgan fingerprint density at radius 3 is 2.27 bits per heavy atom. The molecule has 3 N–H and O–H groups in total. The summed E-state index contributed by atoms with van der Waals surface area (Å²) in [5, 5.41) is 2.77. The molecule has 2 amide bonds. The van der Waals surface area contributed by atoms with Crippen molar-refractivity contribution in [3.63, 3.8) is 0 Å². The van der Waals surface area contributed by atoms with Gasteiger partial charge in [-0.15, -0.1) is 0 Å². The molecule has 0 atom stereocenters. The summed E-state index contributed by atoms with van der Waals surface area (Å²) in [6.45, 7) is 3.80. The molecule has 0 aliphatic heterocycles. The van der Waals surface area contributed by atoms with Gasteiger partial charge in [-0.25, -0.2) is 0 Å². The van der Waals surface area contributed by atoms with Crippen LogP contribution >= 0.6 is 0 Å². The van der Waals surface area contributed by atoms with Crippen molar-refractivity contribution in [3.05, 3.63) is 59.7 Å². The summed E-state index contributed by atoms with van der Waals surface area (Å²) in [5.74, 6) is -0.250. The van der Waals surface area contributed by atoms with Crippen molar-refractivity contribution in [2.24, 2.45) is 5.73 Å². The van der Waals surface area contributed by atoms with Gasteiger partial charge in [-0.2, -0.15) is 0 Å². The third-order valence-corrected chi connectivity index (χ3v) is 2.92. The lowest BCUT2D eigenvalue weighted by molar-refractivity contribution is 0.0997. The molecule has 0 aliphatic carbocycles. The van der Waals surface area contributed by atoms with E-state index in [-0.39, 0.29) is 12.0 Å². The first-order valence-electron chi connectivity index (χ1n) is 6.94. The van der Waals surface area contributed by atoms with Crippen molar-refractivity contribution in [3.8, 4) is 5.75 Å². The van der Waals surface area contributed by atoms with E-state index in [1.807, 2.05) is 19.9 Å². The maximum absolute atomic E-state index is 12.4. The number of carbonyl (C=O) groups excluding carboxylic acids is 2. The number of rotatable bonds is 5. The number of amides is 2. The number of anilines is 1. The molecular weight excluding hydrogens is 280 g/mol. The summed E-state index contributed by atoms with van der Waals surface area (Å²) in [6, 6.07) is 13.4. The molecule has 5 heteroatoms. The van der Waals surface area contributed by atoms with Crippen LogP contribution in [0.25, 0.3) is 0 Å². The summed E-state index contributed by atoms with van der Waals surface area (Å²) in [6.07, 6.45) is -0.0243. The Kier molecular flexibility index (Phi) is 4.78. The minimum absolute atomic E-state index is 0.0243. The topological polar surface area (TPSA) is 81.4 Å². The Morgan fingerprint density at radius 2 is 1.68 bits per heavy atom. The van der Waals surface area contributed by atoms with E-state index in [2.05, 4.69) is 5.32 Å². The first-order valence-corrected chi connectivity index (χ1v) is 6.94. The summed E-state index contributed by atoms with van der Waals surface area (Å²) in [4.78, 5) is 23.4. The van der Waals surface area contributed by atoms with Gasteiger partial charge in [0, 0.05) is 11.3 Å². The molecule has 0 bridgehead atoms. The Morgan fingerprint density at radius 1 is 1.05 bits per heavy atom. The van der Waals surface area contributed by atoms with E-state index in [4.69, 9.17) is 10.5 Å². The quantitative estimate of drug-likeness (QED) is 0.890. The molecule has 2 aromatic carbocycles. The number of hydrogen-bond donors (Lipinski definition) is 2. The van der Waals surface area contributed by atoms with Crippen LogP contribution < -0.4 is 15.8 Å². The second kappa shape index (κ2) is 6.76. The molecule has 22 heavy (non-hydrogen) atoms. The molecule has 0 aliphatic rings. The lowest BCUT2D eigenvalue weighted by Gasteiger charge is -2.14. The summed E-state index contributed by atoms with van der Waals surface area (Å²) in [5.41, 5.74) is 6.60. The summed E-state index contributed by atoms with van der Waals surface area (Å²) < 4.78 is 5.63. The minimum atomic E-state index is -0.506. The number of ether oxygens (including phenoxy) is 1. The van der Waals surface area contributed by atoms with Gasteiger partial charge in [-0.05, 0) is 50.2 Å². The normalized spacial score (nSPS) is 10.3. The van der Waals surface area contributed by atoms with Crippen LogP contribution in [0.4, 0.5) is 5.69 Å². The minimum Gasteiger partial charge on any atom is -0.490 e. The van der Waals surface area contributed by atoms with Crippen molar-refractivity contribution in [2.45, 2.75) is 20.0 Å². The smallest absolute Gasteiger partial charge is 0.259 e. The van der Waals surface area contributed by atoms with Crippen LogP contribution in [0.2, 0.25) is 0 Å². The zero-order chi connectivity index (χ0) is 16.1. The molecule has 0 aromatic heterocycles. The number of nitrogens with two attached hydrogens (primary N) is 1. The Labute approximate surface area is 129 Å². The highest BCUT2D eigenvalue weighted by Gasteiger charge is 2.13. The van der Waals surface area contributed by atoms with E-state index >= 15 is 0 Å². The zero-order valence-corrected chi connectivity index (χ0v) is 12.5. The third-order valence-electron chi connectivity index (χ3n) is 2.92. The molecule has 0 saturated carbocycles. The standard InChI is InChI=1S/C17H18N2O3/c1-11(2)22-15-6-4-3-5-14(15)17(21)19-13-9-7-12(8-10-13)16(18)20/h3-11H,1-2H3,(H2,18,20)(H,19,21). The monoisotopic (exact) mass is 298 g/mol. The van der Waals surface area contributed by atoms with Crippen molar-refractivity contribution >= 4 is 17.5 Å². The molecule has 2 aromatic rings. The third kappa shape index (κ3) is 3.85. The maximum Gasteiger partial charge on any atom is 0.259 e. The molecule has 0 heterocycles. The van der Waals surface area contributed by atoms with Crippen molar-refractivity contribution in [1.82, 2.24) is 0 Å². The van der Waals surface area contributed by atoms with Crippen LogP contribution in [0.1, 0.15) is 34.6 Å². The molecule has 2 rings (SSSR count). The average molecular weight is 298 g/mol. The largest absolute Gasteiger partial charge is 0.490 e. The van der Waals surface area contributed by atoms with Crippen LogP contribution in [0, 0.1) is 0 Å². The molecule has 0 unspecified atom stereocenters. The first-order chi connectivity index (χ1) is 10.5. The summed E-state index contributed by atoms with van der Waals surface area (Å²) >= 11 is 0. The highest BCUT2D eigenvalue weighted by atomic mass is 16.5. The van der Waals surface area contributed by atoms with Crippen molar-refractivity contribution in [1.29, 1.82) is 0 Å². The Hall–Kier alpha value is -2.82. The number of hydrogen-bond acceptors (Lipinski definition) is 3. The van der Waals surface area contributed by atoms with Gasteiger partial charge < -0.3 is 15.8 Å². The van der Waals surface area contributed by atoms with Gasteiger partial charge in [0.2, 0.25) is 5.91 Å². The molecule has 0 spiro atoms. The second-order valence-electron chi connectivity index (χ2n) is 5.06. The van der Waals surface area contributed by atoms with Gasteiger partial charge >= 0.3 is 0 Å². The fourth-order valence-electron chi connectivity index (χ4n) is 1.93. The van der Waals surface area contributed by atoms with Crippen molar-refractivity contribution < 1.29 is 14.3 Å². The molecule has 0 radical (unpaired) electrons. The predicted molar refractivity (Wildman–Crippen MR) is 85.1 cm³/mol. The number of benzene rings is 2. The number of carbonyl (C=O) groups is 2. The highest BCUT2D eigenvalue weighted by Crippen LogP contribution is 2.21. The molecular formula is C17H18N2O3. The van der Waals surface area contributed by atoms with Gasteiger partial charge in [0.15, 0.2) is 0 Å². The van der Waals surface area contributed by atoms with Gasteiger partial charge in [-0.3, -0.25) is 9.59 Å². The van der Waals surface area contributed by atoms with Crippen LogP contribution in [-0.4, -0.2) is 17.9 Å². The van der Waals surface area contributed by atoms with Gasteiger partial charge in [0.1, 0.15) is 5.75 Å². The summed E-state index contributed by atoms with van der Waals surface area (Å²) in [7, 11) is 0. The van der Waals surface area contributed by atoms with Crippen LogP contribution in [0.5, 0.6) is 5.75 Å². The van der Waals surface area contributed by atoms with E-state index in [0.29, 0.717) is 22.6 Å². The van der Waals surface area contributed by atoms with Crippen molar-refractivity contribution in [2.75, 3.05) is 5.32 Å². The predicted octanol–water partition coefficient (Wildman–Crippen LogP) is 2.83. The fraction of sp³-hybridized carbons (Fsp3) is 0.176. The van der Waals surface area contributed by atoms with Gasteiger partial charge in [0.05, 0.1) is 11.7 Å². The molecule has 114 valence electrons. The van der Waals surface area contributed by atoms with E-state index < -0.39 is 5.91 Å². The number of para-hydroxylation sites is 1. The maximum atomic E-state index is 12.4. The lowest BCUT2D eigenvalue weighted by Crippen LogP contribution is -2.16. The fourth-order valence-corrected chi connectivity index (χ4v) is 1.93. The van der Waals surface area contributed by atoms with Crippen LogP contribution in [0.3, 0.4) is 0 Å².